The number of hydrogen-bond acceptors (Lipinski definition) is 6. The van der Waals surface area contributed by atoms with E-state index in [1.807, 2.05) is 72.8 Å². The highest BCUT2D eigenvalue weighted by Gasteiger charge is 2.23. The summed E-state index contributed by atoms with van der Waals surface area (Å²) in [5.74, 6) is 3.10. The van der Waals surface area contributed by atoms with E-state index in [1.54, 1.807) is 28.4 Å². The topological polar surface area (TPSA) is 61.6 Å². The van der Waals surface area contributed by atoms with Gasteiger partial charge in [-0.3, -0.25) is 9.98 Å². The third-order valence-corrected chi connectivity index (χ3v) is 5.66. The number of aliphatic imine (C=N–C) groups is 2. The molecule has 204 valence electrons. The quantitative estimate of drug-likeness (QED) is 0.215. The summed E-state index contributed by atoms with van der Waals surface area (Å²) in [6.45, 7) is 11.5. The summed E-state index contributed by atoms with van der Waals surface area (Å²) in [4.78, 5) is 7.80. The highest BCUT2D eigenvalue weighted by Crippen LogP contribution is 2.35. The van der Waals surface area contributed by atoms with Crippen LogP contribution in [-0.2, 0) is 14.9 Å². The molecule has 0 aliphatic carbocycles. The zero-order valence-corrected chi connectivity index (χ0v) is 23.7. The third-order valence-electron chi connectivity index (χ3n) is 5.66. The second-order valence-electron chi connectivity index (χ2n) is 9.00. The lowest BCUT2D eigenvalue weighted by Gasteiger charge is -2.26. The Hall–Kier alpha value is -4.26. The van der Waals surface area contributed by atoms with Crippen LogP contribution in [0.5, 0.6) is 23.0 Å². The lowest BCUT2D eigenvalue weighted by atomic mass is 9.78. The molecule has 6 heteroatoms. The summed E-state index contributed by atoms with van der Waals surface area (Å²) >= 11 is 0. The third kappa shape index (κ3) is 9.52. The normalized spacial score (nSPS) is 10.2. The summed E-state index contributed by atoms with van der Waals surface area (Å²) in [6, 6.07) is 31.5. The molecule has 39 heavy (non-hydrogen) atoms. The van der Waals surface area contributed by atoms with Crippen LogP contribution in [0.3, 0.4) is 0 Å². The number of methoxy groups -OCH3 is 2. The summed E-state index contributed by atoms with van der Waals surface area (Å²) < 4.78 is 20.4. The Kier molecular flexibility index (Phi) is 12.6. The number of ether oxygens (including phenoxy) is 4. The molecule has 0 bridgehead atoms. The Morgan fingerprint density at radius 3 is 0.923 bits per heavy atom. The van der Waals surface area contributed by atoms with E-state index in [1.165, 1.54) is 11.1 Å². The molecule has 6 nitrogen and oxygen atoms in total. The van der Waals surface area contributed by atoms with E-state index in [9.17, 15) is 0 Å². The van der Waals surface area contributed by atoms with E-state index >= 15 is 0 Å². The van der Waals surface area contributed by atoms with Gasteiger partial charge in [-0.15, -0.1) is 0 Å². The first-order chi connectivity index (χ1) is 18.8. The predicted octanol–water partition coefficient (Wildman–Crippen LogP) is 8.79. The van der Waals surface area contributed by atoms with Crippen LogP contribution in [0.4, 0.5) is 11.4 Å². The van der Waals surface area contributed by atoms with Crippen molar-refractivity contribution in [2.75, 3.05) is 28.4 Å². The number of nitrogens with zero attached hydrogens (tertiary/aromatic N) is 2. The minimum Gasteiger partial charge on any atom is -0.457 e. The zero-order chi connectivity index (χ0) is 28.7. The molecule has 0 saturated heterocycles. The van der Waals surface area contributed by atoms with E-state index in [-0.39, 0.29) is 5.41 Å². The maximum absolute atomic E-state index is 5.95. The monoisotopic (exact) mass is 526 g/mol. The Morgan fingerprint density at radius 1 is 0.462 bits per heavy atom. The smallest absolute Gasteiger partial charge is 0.127 e. The first-order valence-corrected chi connectivity index (χ1v) is 12.3. The van der Waals surface area contributed by atoms with Crippen molar-refractivity contribution in [3.8, 4) is 23.0 Å². The van der Waals surface area contributed by atoms with Crippen molar-refractivity contribution in [3.05, 3.63) is 108 Å². The number of rotatable bonds is 8. The summed E-state index contributed by atoms with van der Waals surface area (Å²) in [5.41, 5.74) is 3.85. The van der Waals surface area contributed by atoms with Gasteiger partial charge in [0.2, 0.25) is 0 Å². The molecule has 4 aromatic carbocycles. The first kappa shape index (κ1) is 31.0. The van der Waals surface area contributed by atoms with Gasteiger partial charge < -0.3 is 18.9 Å². The summed E-state index contributed by atoms with van der Waals surface area (Å²) in [5, 5.41) is 0. The van der Waals surface area contributed by atoms with Crippen LogP contribution in [0.15, 0.2) is 107 Å². The molecule has 4 aromatic rings. The summed E-state index contributed by atoms with van der Waals surface area (Å²) in [6.07, 6.45) is 0. The molecule has 0 amide bonds. The van der Waals surface area contributed by atoms with Gasteiger partial charge in [0.05, 0.1) is 11.4 Å². The van der Waals surface area contributed by atoms with Gasteiger partial charge in [-0.2, -0.15) is 0 Å². The van der Waals surface area contributed by atoms with Gasteiger partial charge in [0, 0.05) is 33.9 Å². The fraction of sp³-hybridized carbons (Fsp3) is 0.212. The lowest BCUT2D eigenvalue weighted by Crippen LogP contribution is -2.18. The maximum Gasteiger partial charge on any atom is 0.127 e. The van der Waals surface area contributed by atoms with Crippen LogP contribution in [0.2, 0.25) is 0 Å². The molecule has 0 heterocycles. The molecule has 0 unspecified atom stereocenters. The molecule has 0 aromatic heterocycles. The summed E-state index contributed by atoms with van der Waals surface area (Å²) in [7, 11) is 6.50. The van der Waals surface area contributed by atoms with Crippen molar-refractivity contribution in [1.29, 1.82) is 0 Å². The first-order valence-electron chi connectivity index (χ1n) is 12.3. The molecule has 0 spiro atoms. The van der Waals surface area contributed by atoms with Crippen LogP contribution in [0, 0.1) is 0 Å². The van der Waals surface area contributed by atoms with Crippen LogP contribution < -0.4 is 9.47 Å². The van der Waals surface area contributed by atoms with E-state index in [2.05, 4.69) is 71.0 Å². The average molecular weight is 527 g/mol. The molecule has 0 N–H and O–H groups in total. The van der Waals surface area contributed by atoms with Gasteiger partial charge in [0.1, 0.15) is 23.0 Å². The molecule has 0 saturated carbocycles. The van der Waals surface area contributed by atoms with Crippen LogP contribution in [0.25, 0.3) is 0 Å². The fourth-order valence-electron chi connectivity index (χ4n) is 3.56. The molecule has 0 aliphatic heterocycles. The average Bonchev–Trinajstić information content (AvgIpc) is 2.95. The number of benzene rings is 4. The van der Waals surface area contributed by atoms with Gasteiger partial charge in [0.25, 0.3) is 0 Å². The van der Waals surface area contributed by atoms with Crippen molar-refractivity contribution in [2.45, 2.75) is 19.3 Å². The predicted molar refractivity (Wildman–Crippen MR) is 162 cm³/mol. The van der Waals surface area contributed by atoms with Crippen LogP contribution >= 0.6 is 0 Å². The molecular formula is C33H38N2O4. The Morgan fingerprint density at radius 2 is 0.692 bits per heavy atom. The van der Waals surface area contributed by atoms with Crippen LogP contribution in [0.1, 0.15) is 25.0 Å². The fourth-order valence-corrected chi connectivity index (χ4v) is 3.56. The van der Waals surface area contributed by atoms with Crippen molar-refractivity contribution in [2.24, 2.45) is 9.98 Å². The van der Waals surface area contributed by atoms with Gasteiger partial charge in [-0.05, 0) is 97.4 Å². The van der Waals surface area contributed by atoms with Crippen molar-refractivity contribution in [1.82, 2.24) is 0 Å². The largest absolute Gasteiger partial charge is 0.457 e. The highest BCUT2D eigenvalue weighted by molar-refractivity contribution is 5.49. The van der Waals surface area contributed by atoms with Gasteiger partial charge in [-0.25, -0.2) is 0 Å². The second kappa shape index (κ2) is 15.9. The van der Waals surface area contributed by atoms with Gasteiger partial charge in [-0.1, -0.05) is 38.1 Å². The molecule has 0 aliphatic rings. The minimum atomic E-state index is -0.175. The van der Waals surface area contributed by atoms with E-state index in [4.69, 9.17) is 9.47 Å². The molecule has 0 fully saturated rings. The standard InChI is InChI=1S/C29H26N2O2.2C2H6O/c1-29(2,21-5-13-25(14-6-21)32-27-17-9-23(30-3)10-18-27)22-7-15-26(16-8-22)33-28-19-11-24(31-4)12-20-28;2*1-3-2/h5-20H,3-4H2,1-2H3;2*1-2H3. The Balaban J connectivity index is 0.000000815. The van der Waals surface area contributed by atoms with Crippen molar-refractivity contribution < 1.29 is 18.9 Å². The Labute approximate surface area is 232 Å². The van der Waals surface area contributed by atoms with E-state index < -0.39 is 0 Å². The van der Waals surface area contributed by atoms with Crippen molar-refractivity contribution >= 4 is 24.8 Å². The molecular weight excluding hydrogens is 488 g/mol. The van der Waals surface area contributed by atoms with Crippen molar-refractivity contribution in [3.63, 3.8) is 0 Å². The number of hydrogen-bond donors (Lipinski definition) is 0. The molecule has 4 rings (SSSR count). The van der Waals surface area contributed by atoms with E-state index in [0.29, 0.717) is 0 Å². The maximum atomic E-state index is 5.95. The van der Waals surface area contributed by atoms with Gasteiger partial charge >= 0.3 is 0 Å². The Bertz CT molecular complexity index is 1160. The second-order valence-corrected chi connectivity index (χ2v) is 9.00. The minimum absolute atomic E-state index is 0.175. The zero-order valence-electron chi connectivity index (χ0n) is 23.7. The van der Waals surface area contributed by atoms with Crippen LogP contribution in [-0.4, -0.2) is 41.9 Å². The SMILES string of the molecule is C=Nc1ccc(Oc2ccc(C(C)(C)c3ccc(Oc4ccc(N=C)cc4)cc3)cc2)cc1.COC.COC. The molecule has 0 radical (unpaired) electrons. The van der Waals surface area contributed by atoms with E-state index in [0.717, 1.165) is 34.4 Å². The lowest BCUT2D eigenvalue weighted by molar-refractivity contribution is 0.277. The highest BCUT2D eigenvalue weighted by atomic mass is 16.5. The molecule has 0 atom stereocenters. The van der Waals surface area contributed by atoms with Gasteiger partial charge in [0.15, 0.2) is 0 Å².